The number of imide groups is 2. The van der Waals surface area contributed by atoms with E-state index in [1.165, 1.54) is 0 Å². The normalized spacial score (nSPS) is 40.1. The van der Waals surface area contributed by atoms with E-state index in [1.54, 1.807) is 0 Å². The molecular weight excluding hydrogens is 494 g/mol. The minimum Gasteiger partial charge on any atom is -0.279 e. The van der Waals surface area contributed by atoms with Crippen molar-refractivity contribution in [2.45, 2.75) is 88.6 Å². The van der Waals surface area contributed by atoms with Gasteiger partial charge in [0.1, 0.15) is 0 Å². The summed E-state index contributed by atoms with van der Waals surface area (Å²) in [6, 6.07) is -1.72. The minimum atomic E-state index is -4.42. The fourth-order valence-corrected chi connectivity index (χ4v) is 7.34. The number of amides is 4. The highest BCUT2D eigenvalue weighted by Gasteiger charge is 2.62. The Bertz CT molecular complexity index is 849. The Kier molecular flexibility index (Phi) is 6.18. The molecule has 12 heteroatoms. The molecule has 3 aliphatic carbocycles. The maximum absolute atomic E-state index is 13.3. The van der Waals surface area contributed by atoms with Crippen LogP contribution in [0.25, 0.3) is 0 Å². The predicted molar refractivity (Wildman–Crippen MR) is 111 cm³/mol. The van der Waals surface area contributed by atoms with E-state index in [1.807, 2.05) is 0 Å². The molecule has 5 aliphatic rings. The number of fused-ring (bicyclic) bond motifs is 2. The summed E-state index contributed by atoms with van der Waals surface area (Å²) in [5.74, 6) is -9.12. The number of hydrogen-bond acceptors (Lipinski definition) is 4. The van der Waals surface area contributed by atoms with Crippen molar-refractivity contribution in [2.75, 3.05) is 0 Å². The molecule has 200 valence electrons. The molecule has 5 fully saturated rings. The molecule has 2 saturated heterocycles. The molecule has 0 spiro atoms. The number of alkyl halides is 6. The number of likely N-dealkylation sites (tertiary alicyclic amines) is 2. The highest BCUT2D eigenvalue weighted by atomic mass is 19.4. The van der Waals surface area contributed by atoms with Crippen molar-refractivity contribution >= 4 is 23.6 Å². The predicted octanol–water partition coefficient (Wildman–Crippen LogP) is 4.22. The second-order valence-corrected chi connectivity index (χ2v) is 11.1. The molecule has 2 aliphatic heterocycles. The van der Waals surface area contributed by atoms with Crippen LogP contribution >= 0.6 is 0 Å². The van der Waals surface area contributed by atoms with Crippen molar-refractivity contribution in [1.82, 2.24) is 9.80 Å². The smallest absolute Gasteiger partial charge is 0.279 e. The van der Waals surface area contributed by atoms with E-state index in [9.17, 15) is 45.5 Å². The molecule has 0 N–H and O–H groups in total. The molecule has 3 saturated carbocycles. The highest BCUT2D eigenvalue weighted by Crippen LogP contribution is 2.51. The van der Waals surface area contributed by atoms with Gasteiger partial charge in [0.05, 0.1) is 35.5 Å². The Hall–Kier alpha value is -2.14. The molecule has 2 heterocycles. The second-order valence-electron chi connectivity index (χ2n) is 11.1. The number of hydrogen-bond donors (Lipinski definition) is 0. The first-order valence-corrected chi connectivity index (χ1v) is 12.7. The molecule has 6 nitrogen and oxygen atoms in total. The summed E-state index contributed by atoms with van der Waals surface area (Å²) in [6.07, 6.45) is -8.76. The SMILES string of the molecule is O=C1C2CC3C(=O)N(C4CCCC(C(F)(F)F)C4)C(=O)C3CC2C(=O)N1C1CCCC(C(F)(F)F)C1. The fraction of sp³-hybridized carbons (Fsp3) is 0.833. The Morgan fingerprint density at radius 2 is 0.806 bits per heavy atom. The van der Waals surface area contributed by atoms with Crippen LogP contribution in [0.3, 0.4) is 0 Å². The van der Waals surface area contributed by atoms with E-state index in [0.29, 0.717) is 0 Å². The summed E-state index contributed by atoms with van der Waals surface area (Å²) in [5, 5.41) is 0. The van der Waals surface area contributed by atoms with Gasteiger partial charge in [0.2, 0.25) is 23.6 Å². The number of halogens is 6. The van der Waals surface area contributed by atoms with E-state index in [2.05, 4.69) is 0 Å². The van der Waals surface area contributed by atoms with Crippen molar-refractivity contribution in [2.24, 2.45) is 35.5 Å². The molecule has 0 radical (unpaired) electrons. The van der Waals surface area contributed by atoms with Gasteiger partial charge in [0.25, 0.3) is 0 Å². The maximum Gasteiger partial charge on any atom is 0.391 e. The van der Waals surface area contributed by atoms with Crippen LogP contribution < -0.4 is 0 Å². The van der Waals surface area contributed by atoms with Crippen LogP contribution in [-0.4, -0.2) is 57.9 Å². The molecule has 0 bridgehead atoms. The Morgan fingerprint density at radius 1 is 0.500 bits per heavy atom. The van der Waals surface area contributed by atoms with Crippen LogP contribution in [0.2, 0.25) is 0 Å². The zero-order chi connectivity index (χ0) is 26.2. The van der Waals surface area contributed by atoms with Crippen LogP contribution in [0.1, 0.15) is 64.2 Å². The van der Waals surface area contributed by atoms with Crippen molar-refractivity contribution < 1.29 is 45.5 Å². The van der Waals surface area contributed by atoms with Gasteiger partial charge in [0.15, 0.2) is 0 Å². The zero-order valence-corrected chi connectivity index (χ0v) is 19.5. The molecule has 36 heavy (non-hydrogen) atoms. The highest BCUT2D eigenvalue weighted by molar-refractivity contribution is 6.09. The molecular formula is C24H28F6N2O4. The zero-order valence-electron chi connectivity index (χ0n) is 19.5. The molecule has 0 aromatic heterocycles. The molecule has 4 amide bonds. The standard InChI is InChI=1S/C24H28F6N2O4/c25-23(26,27)11-3-1-5-13(7-11)31-19(33)15-9-17-18(10-16(15)20(31)34)22(36)32(21(17)35)14-6-2-4-12(8-14)24(28,29)30/h11-18H,1-10H2. The summed E-state index contributed by atoms with van der Waals surface area (Å²) >= 11 is 0. The Balaban J connectivity index is 1.32. The minimum absolute atomic E-state index is 0.0531. The lowest BCUT2D eigenvalue weighted by Crippen LogP contribution is -2.46. The van der Waals surface area contributed by atoms with E-state index in [0.717, 1.165) is 9.80 Å². The van der Waals surface area contributed by atoms with Gasteiger partial charge in [-0.3, -0.25) is 29.0 Å². The van der Waals surface area contributed by atoms with Crippen LogP contribution in [0.4, 0.5) is 26.3 Å². The number of carbonyl (C=O) groups excluding carboxylic acids is 4. The van der Waals surface area contributed by atoms with Gasteiger partial charge >= 0.3 is 12.4 Å². The van der Waals surface area contributed by atoms with Crippen LogP contribution in [0.15, 0.2) is 0 Å². The summed E-state index contributed by atoms with van der Waals surface area (Å²) in [4.78, 5) is 54.7. The third-order valence-corrected chi connectivity index (χ3v) is 9.15. The van der Waals surface area contributed by atoms with E-state index >= 15 is 0 Å². The average Bonchev–Trinajstić information content (AvgIpc) is 3.21. The van der Waals surface area contributed by atoms with Crippen LogP contribution in [0.5, 0.6) is 0 Å². The number of nitrogens with zero attached hydrogens (tertiary/aromatic N) is 2. The Morgan fingerprint density at radius 3 is 1.08 bits per heavy atom. The lowest BCUT2D eigenvalue weighted by molar-refractivity contribution is -0.188. The van der Waals surface area contributed by atoms with Crippen LogP contribution in [-0.2, 0) is 19.2 Å². The molecule has 8 atom stereocenters. The first-order chi connectivity index (χ1) is 16.8. The number of carbonyl (C=O) groups is 4. The van der Waals surface area contributed by atoms with E-state index < -0.39 is 83.6 Å². The van der Waals surface area contributed by atoms with Gasteiger partial charge in [0, 0.05) is 12.1 Å². The lowest BCUT2D eigenvalue weighted by Gasteiger charge is -2.35. The van der Waals surface area contributed by atoms with E-state index in [4.69, 9.17) is 0 Å². The van der Waals surface area contributed by atoms with Gasteiger partial charge < -0.3 is 0 Å². The van der Waals surface area contributed by atoms with E-state index in [-0.39, 0.29) is 64.2 Å². The summed E-state index contributed by atoms with van der Waals surface area (Å²) in [7, 11) is 0. The first kappa shape index (κ1) is 25.5. The van der Waals surface area contributed by atoms with Gasteiger partial charge in [-0.1, -0.05) is 12.8 Å². The van der Waals surface area contributed by atoms with Gasteiger partial charge in [-0.15, -0.1) is 0 Å². The van der Waals surface area contributed by atoms with Gasteiger partial charge in [-0.2, -0.15) is 26.3 Å². The molecule has 0 aromatic carbocycles. The Labute approximate surface area is 203 Å². The summed E-state index contributed by atoms with van der Waals surface area (Å²) < 4.78 is 79.7. The molecule has 0 aromatic rings. The lowest BCUT2D eigenvalue weighted by atomic mass is 9.70. The van der Waals surface area contributed by atoms with Crippen molar-refractivity contribution in [3.05, 3.63) is 0 Å². The van der Waals surface area contributed by atoms with Crippen molar-refractivity contribution in [3.8, 4) is 0 Å². The summed E-state index contributed by atoms with van der Waals surface area (Å²) in [5.41, 5.74) is 0. The third-order valence-electron chi connectivity index (χ3n) is 9.15. The fourth-order valence-electron chi connectivity index (χ4n) is 7.34. The number of rotatable bonds is 2. The van der Waals surface area contributed by atoms with Gasteiger partial charge in [-0.05, 0) is 51.4 Å². The topological polar surface area (TPSA) is 74.8 Å². The molecule has 8 unspecified atom stereocenters. The monoisotopic (exact) mass is 522 g/mol. The quantitative estimate of drug-likeness (QED) is 0.402. The van der Waals surface area contributed by atoms with Crippen molar-refractivity contribution in [1.29, 1.82) is 0 Å². The maximum atomic E-state index is 13.3. The van der Waals surface area contributed by atoms with Crippen molar-refractivity contribution in [3.63, 3.8) is 0 Å². The second kappa shape index (κ2) is 8.72. The van der Waals surface area contributed by atoms with Crippen LogP contribution in [0, 0.1) is 35.5 Å². The molecule has 5 rings (SSSR count). The summed E-state index contributed by atoms with van der Waals surface area (Å²) in [6.45, 7) is 0. The first-order valence-electron chi connectivity index (χ1n) is 12.7. The third kappa shape index (κ3) is 4.12. The van der Waals surface area contributed by atoms with Gasteiger partial charge in [-0.25, -0.2) is 0 Å². The average molecular weight is 522 g/mol. The largest absolute Gasteiger partial charge is 0.391 e.